The van der Waals surface area contributed by atoms with Crippen LogP contribution in [0, 0.1) is 6.92 Å². The Morgan fingerprint density at radius 3 is 2.42 bits per heavy atom. The Bertz CT molecular complexity index is 453. The van der Waals surface area contributed by atoms with Gasteiger partial charge in [-0.15, -0.1) is 11.8 Å². The van der Waals surface area contributed by atoms with Gasteiger partial charge in [-0.1, -0.05) is 32.4 Å². The smallest absolute Gasteiger partial charge is 0.136 e. The van der Waals surface area contributed by atoms with E-state index < -0.39 is 0 Å². The third kappa shape index (κ3) is 3.83. The summed E-state index contributed by atoms with van der Waals surface area (Å²) < 4.78 is 5.40. The molecular weight excluding hydrogens is 280 g/mol. The van der Waals surface area contributed by atoms with Gasteiger partial charge in [0.1, 0.15) is 16.0 Å². The van der Waals surface area contributed by atoms with Gasteiger partial charge in [0.05, 0.1) is 0 Å². The molecule has 1 aromatic rings. The second kappa shape index (κ2) is 5.98. The molecule has 3 nitrogen and oxygen atoms in total. The topological polar surface area (TPSA) is 35.0 Å². The number of hydrogen-bond donors (Lipinski definition) is 0. The van der Waals surface area contributed by atoms with E-state index in [9.17, 15) is 0 Å². The Hall–Kier alpha value is -0.320. The molecule has 0 aromatic carbocycles. The number of nitrogens with zero attached hydrogens (tertiary/aromatic N) is 2. The van der Waals surface area contributed by atoms with E-state index in [0.717, 1.165) is 42.5 Å². The van der Waals surface area contributed by atoms with Crippen molar-refractivity contribution < 1.29 is 4.74 Å². The number of ether oxygens (including phenoxy) is 1. The third-order valence-electron chi connectivity index (χ3n) is 3.16. The van der Waals surface area contributed by atoms with E-state index in [-0.39, 0.29) is 5.41 Å². The van der Waals surface area contributed by atoms with Gasteiger partial charge in [0.25, 0.3) is 0 Å². The van der Waals surface area contributed by atoms with Crippen LogP contribution in [0.25, 0.3) is 0 Å². The van der Waals surface area contributed by atoms with Crippen molar-refractivity contribution in [3.8, 4) is 0 Å². The highest BCUT2D eigenvalue weighted by molar-refractivity contribution is 7.99. The molecule has 0 saturated carbocycles. The monoisotopic (exact) mass is 300 g/mol. The van der Waals surface area contributed by atoms with Crippen LogP contribution in [0.3, 0.4) is 0 Å². The van der Waals surface area contributed by atoms with Gasteiger partial charge in [-0.05, 0) is 19.8 Å². The summed E-state index contributed by atoms with van der Waals surface area (Å²) in [5, 5.41) is 2.18. The molecule has 1 aliphatic rings. The normalized spacial score (nSPS) is 17.7. The molecular formula is C14H21ClN2OS. The molecule has 1 fully saturated rings. The van der Waals surface area contributed by atoms with E-state index in [2.05, 4.69) is 25.8 Å². The summed E-state index contributed by atoms with van der Waals surface area (Å²) >= 11 is 8.07. The van der Waals surface area contributed by atoms with Crippen molar-refractivity contribution in [2.24, 2.45) is 0 Å². The zero-order valence-electron chi connectivity index (χ0n) is 12.0. The van der Waals surface area contributed by atoms with E-state index in [1.54, 1.807) is 0 Å². The molecule has 0 spiro atoms. The van der Waals surface area contributed by atoms with Gasteiger partial charge >= 0.3 is 0 Å². The number of rotatable bonds is 2. The summed E-state index contributed by atoms with van der Waals surface area (Å²) in [5.41, 5.74) is 0.911. The highest BCUT2D eigenvalue weighted by atomic mass is 35.5. The molecule has 0 amide bonds. The fourth-order valence-corrected chi connectivity index (χ4v) is 3.25. The summed E-state index contributed by atoms with van der Waals surface area (Å²) in [6, 6.07) is 0. The van der Waals surface area contributed by atoms with E-state index >= 15 is 0 Å². The van der Waals surface area contributed by atoms with E-state index in [4.69, 9.17) is 21.3 Å². The molecule has 1 saturated heterocycles. The van der Waals surface area contributed by atoms with Gasteiger partial charge in [-0.3, -0.25) is 0 Å². The van der Waals surface area contributed by atoms with Gasteiger partial charge in [0, 0.05) is 29.4 Å². The minimum atomic E-state index is -0.0810. The molecule has 1 aromatic heterocycles. The minimum Gasteiger partial charge on any atom is -0.381 e. The number of aromatic nitrogens is 2. The molecule has 0 bridgehead atoms. The molecule has 106 valence electrons. The van der Waals surface area contributed by atoms with E-state index in [1.807, 2.05) is 18.7 Å². The maximum atomic E-state index is 6.25. The van der Waals surface area contributed by atoms with Gasteiger partial charge < -0.3 is 4.74 Å². The lowest BCUT2D eigenvalue weighted by molar-refractivity contribution is 0.1000. The van der Waals surface area contributed by atoms with Crippen LogP contribution in [0.15, 0.2) is 5.03 Å². The Morgan fingerprint density at radius 1 is 1.21 bits per heavy atom. The van der Waals surface area contributed by atoms with Gasteiger partial charge in [0.15, 0.2) is 0 Å². The highest BCUT2D eigenvalue weighted by Gasteiger charge is 2.23. The molecule has 1 aliphatic heterocycles. The van der Waals surface area contributed by atoms with Crippen molar-refractivity contribution >= 4 is 23.4 Å². The van der Waals surface area contributed by atoms with Crippen molar-refractivity contribution in [1.82, 2.24) is 9.97 Å². The van der Waals surface area contributed by atoms with Gasteiger partial charge in [0.2, 0.25) is 0 Å². The van der Waals surface area contributed by atoms with Crippen LogP contribution < -0.4 is 0 Å². The zero-order valence-corrected chi connectivity index (χ0v) is 13.6. The Labute approximate surface area is 124 Å². The van der Waals surface area contributed by atoms with Crippen molar-refractivity contribution in [2.45, 2.75) is 56.2 Å². The lowest BCUT2D eigenvalue weighted by Crippen LogP contribution is -2.20. The van der Waals surface area contributed by atoms with E-state index in [0.29, 0.717) is 10.4 Å². The summed E-state index contributed by atoms with van der Waals surface area (Å²) in [5.74, 6) is 0.817. The van der Waals surface area contributed by atoms with Crippen molar-refractivity contribution in [3.63, 3.8) is 0 Å². The fourth-order valence-electron chi connectivity index (χ4n) is 1.87. The van der Waals surface area contributed by atoms with E-state index in [1.165, 1.54) is 0 Å². The first kappa shape index (κ1) is 15.1. The Kier molecular flexibility index (Phi) is 4.75. The van der Waals surface area contributed by atoms with Crippen LogP contribution in [0.5, 0.6) is 0 Å². The quantitative estimate of drug-likeness (QED) is 0.773. The molecule has 2 heterocycles. The van der Waals surface area contributed by atoms with Crippen LogP contribution in [0.4, 0.5) is 0 Å². The average molecular weight is 301 g/mol. The molecule has 19 heavy (non-hydrogen) atoms. The summed E-state index contributed by atoms with van der Waals surface area (Å²) in [4.78, 5) is 9.14. The van der Waals surface area contributed by atoms with Crippen molar-refractivity contribution in [3.05, 3.63) is 16.5 Å². The molecule has 0 atom stereocenters. The SMILES string of the molecule is Cc1c(Cl)nc(C(C)(C)C)nc1SC1CCOCC1. The Balaban J connectivity index is 2.25. The first-order chi connectivity index (χ1) is 8.88. The number of thioether (sulfide) groups is 1. The summed E-state index contributed by atoms with van der Waals surface area (Å²) in [6.07, 6.45) is 2.16. The molecule has 2 rings (SSSR count). The van der Waals surface area contributed by atoms with Crippen LogP contribution in [-0.2, 0) is 10.2 Å². The maximum absolute atomic E-state index is 6.25. The Morgan fingerprint density at radius 2 is 1.84 bits per heavy atom. The first-order valence-corrected chi connectivity index (χ1v) is 7.92. The average Bonchev–Trinajstić information content (AvgIpc) is 2.34. The van der Waals surface area contributed by atoms with Gasteiger partial charge in [-0.2, -0.15) is 0 Å². The summed E-state index contributed by atoms with van der Waals surface area (Å²) in [7, 11) is 0. The standard InChI is InChI=1S/C14H21ClN2OS/c1-9-11(15)16-13(14(2,3)4)17-12(9)19-10-5-7-18-8-6-10/h10H,5-8H2,1-4H3. The molecule has 0 unspecified atom stereocenters. The minimum absolute atomic E-state index is 0.0810. The first-order valence-electron chi connectivity index (χ1n) is 6.67. The predicted octanol–water partition coefficient (Wildman–Crippen LogP) is 4.01. The number of hydrogen-bond acceptors (Lipinski definition) is 4. The van der Waals surface area contributed by atoms with Crippen LogP contribution in [-0.4, -0.2) is 28.4 Å². The molecule has 0 aliphatic carbocycles. The van der Waals surface area contributed by atoms with Crippen LogP contribution in [0.2, 0.25) is 5.15 Å². The second-order valence-electron chi connectivity index (χ2n) is 5.95. The van der Waals surface area contributed by atoms with Crippen molar-refractivity contribution in [1.29, 1.82) is 0 Å². The molecule has 0 N–H and O–H groups in total. The van der Waals surface area contributed by atoms with Crippen LogP contribution in [0.1, 0.15) is 45.0 Å². The largest absolute Gasteiger partial charge is 0.381 e. The predicted molar refractivity (Wildman–Crippen MR) is 80.2 cm³/mol. The second-order valence-corrected chi connectivity index (χ2v) is 7.59. The third-order valence-corrected chi connectivity index (χ3v) is 4.95. The fraction of sp³-hybridized carbons (Fsp3) is 0.714. The van der Waals surface area contributed by atoms with Crippen LogP contribution >= 0.6 is 23.4 Å². The molecule has 5 heteroatoms. The number of halogens is 1. The zero-order chi connectivity index (χ0) is 14.0. The highest BCUT2D eigenvalue weighted by Crippen LogP contribution is 2.34. The van der Waals surface area contributed by atoms with Gasteiger partial charge in [-0.25, -0.2) is 9.97 Å². The lowest BCUT2D eigenvalue weighted by Gasteiger charge is -2.23. The van der Waals surface area contributed by atoms with Crippen molar-refractivity contribution in [2.75, 3.05) is 13.2 Å². The summed E-state index contributed by atoms with van der Waals surface area (Å²) in [6.45, 7) is 10.0. The lowest BCUT2D eigenvalue weighted by atomic mass is 9.96. The maximum Gasteiger partial charge on any atom is 0.136 e. The molecule has 0 radical (unpaired) electrons.